The summed E-state index contributed by atoms with van der Waals surface area (Å²) < 4.78 is 16.5. The van der Waals surface area contributed by atoms with Crippen LogP contribution in [-0.4, -0.2) is 48.7 Å². The molecule has 0 bridgehead atoms. The quantitative estimate of drug-likeness (QED) is 0.414. The highest BCUT2D eigenvalue weighted by Gasteiger charge is 2.11. The van der Waals surface area contributed by atoms with Gasteiger partial charge in [-0.3, -0.25) is 4.79 Å². The second-order valence-electron chi connectivity index (χ2n) is 6.56. The van der Waals surface area contributed by atoms with Crippen molar-refractivity contribution in [2.75, 3.05) is 26.3 Å². The zero-order chi connectivity index (χ0) is 20.8. The smallest absolute Gasteiger partial charge is 0.200 e. The van der Waals surface area contributed by atoms with Gasteiger partial charge in [0.1, 0.15) is 48.8 Å². The van der Waals surface area contributed by atoms with Crippen LogP contribution in [0.5, 0.6) is 11.5 Å². The Hall–Kier alpha value is -2.91. The van der Waals surface area contributed by atoms with Gasteiger partial charge in [-0.05, 0) is 29.8 Å². The molecule has 0 saturated heterocycles. The van der Waals surface area contributed by atoms with Crippen molar-refractivity contribution in [2.45, 2.75) is 12.2 Å². The number of fused-ring (bicyclic) bond motifs is 1. The molecule has 3 rings (SSSR count). The largest absolute Gasteiger partial charge is 0.491 e. The van der Waals surface area contributed by atoms with E-state index < -0.39 is 12.2 Å². The number of nitrogens with two attached hydrogens (primary N) is 2. The molecule has 0 aliphatic carbocycles. The van der Waals surface area contributed by atoms with E-state index in [9.17, 15) is 15.0 Å². The minimum Gasteiger partial charge on any atom is -0.491 e. The standard InChI is InChI=1S/C21H24N2O6/c22-8-14(24)10-27-16-3-1-13(2-4-16)19-12-29-20-7-17(28-11-15(25)9-23)5-6-18(20)21(19)26/h1-7,12,14-15,24-25H,8-11,22-23H2. The topological polar surface area (TPSA) is 141 Å². The third-order valence-corrected chi connectivity index (χ3v) is 4.34. The maximum absolute atomic E-state index is 12.9. The molecule has 0 fully saturated rings. The highest BCUT2D eigenvalue weighted by atomic mass is 16.5. The molecule has 0 saturated carbocycles. The molecule has 3 aromatic rings. The van der Waals surface area contributed by atoms with Crippen molar-refractivity contribution in [3.63, 3.8) is 0 Å². The van der Waals surface area contributed by atoms with Gasteiger partial charge in [-0.25, -0.2) is 0 Å². The summed E-state index contributed by atoms with van der Waals surface area (Å²) >= 11 is 0. The Morgan fingerprint density at radius 2 is 1.48 bits per heavy atom. The number of hydrogen-bond donors (Lipinski definition) is 4. The molecule has 1 heterocycles. The van der Waals surface area contributed by atoms with Crippen molar-refractivity contribution >= 4 is 11.0 Å². The summed E-state index contributed by atoms with van der Waals surface area (Å²) in [6, 6.07) is 11.8. The van der Waals surface area contributed by atoms with Gasteiger partial charge in [0.2, 0.25) is 0 Å². The molecule has 0 aliphatic heterocycles. The van der Waals surface area contributed by atoms with Gasteiger partial charge in [0, 0.05) is 19.2 Å². The van der Waals surface area contributed by atoms with E-state index in [1.54, 1.807) is 42.5 Å². The van der Waals surface area contributed by atoms with Crippen molar-refractivity contribution in [1.29, 1.82) is 0 Å². The van der Waals surface area contributed by atoms with Crippen LogP contribution in [0.4, 0.5) is 0 Å². The maximum atomic E-state index is 12.9. The fraction of sp³-hybridized carbons (Fsp3) is 0.286. The average molecular weight is 400 g/mol. The minimum atomic E-state index is -0.759. The molecule has 154 valence electrons. The molecular weight excluding hydrogens is 376 g/mol. The molecule has 0 spiro atoms. The Kier molecular flexibility index (Phi) is 6.84. The summed E-state index contributed by atoms with van der Waals surface area (Å²) in [5.41, 5.74) is 12.0. The molecule has 29 heavy (non-hydrogen) atoms. The first kappa shape index (κ1) is 20.8. The number of ether oxygens (including phenoxy) is 2. The molecule has 2 atom stereocenters. The Bertz CT molecular complexity index is 1000. The Balaban J connectivity index is 1.79. The van der Waals surface area contributed by atoms with Crippen molar-refractivity contribution in [3.8, 4) is 22.6 Å². The fourth-order valence-electron chi connectivity index (χ4n) is 2.65. The maximum Gasteiger partial charge on any atom is 0.200 e. The monoisotopic (exact) mass is 400 g/mol. The molecule has 2 aromatic carbocycles. The van der Waals surface area contributed by atoms with Gasteiger partial charge in [-0.15, -0.1) is 0 Å². The summed E-state index contributed by atoms with van der Waals surface area (Å²) in [5.74, 6) is 1.04. The lowest BCUT2D eigenvalue weighted by molar-refractivity contribution is 0.114. The molecule has 6 N–H and O–H groups in total. The van der Waals surface area contributed by atoms with E-state index in [0.717, 1.165) is 0 Å². The zero-order valence-electron chi connectivity index (χ0n) is 15.8. The summed E-state index contributed by atoms with van der Waals surface area (Å²) in [5, 5.41) is 19.3. The molecule has 8 heteroatoms. The summed E-state index contributed by atoms with van der Waals surface area (Å²) in [6.07, 6.45) is -0.0859. The van der Waals surface area contributed by atoms with Gasteiger partial charge in [0.05, 0.1) is 10.9 Å². The number of aliphatic hydroxyl groups excluding tert-OH is 2. The lowest BCUT2D eigenvalue weighted by Crippen LogP contribution is -2.26. The predicted octanol–water partition coefficient (Wildman–Crippen LogP) is 0.857. The van der Waals surface area contributed by atoms with Crippen molar-refractivity contribution < 1.29 is 24.1 Å². The second-order valence-corrected chi connectivity index (χ2v) is 6.56. The van der Waals surface area contributed by atoms with Gasteiger partial charge in [0.15, 0.2) is 5.43 Å². The summed E-state index contributed by atoms with van der Waals surface area (Å²) in [4.78, 5) is 12.9. The van der Waals surface area contributed by atoms with Gasteiger partial charge >= 0.3 is 0 Å². The highest BCUT2D eigenvalue weighted by molar-refractivity contribution is 5.82. The van der Waals surface area contributed by atoms with Crippen molar-refractivity contribution in [3.05, 3.63) is 59.0 Å². The van der Waals surface area contributed by atoms with E-state index in [1.165, 1.54) is 6.26 Å². The van der Waals surface area contributed by atoms with E-state index in [2.05, 4.69) is 0 Å². The molecule has 2 unspecified atom stereocenters. The average Bonchev–Trinajstić information content (AvgIpc) is 2.76. The van der Waals surface area contributed by atoms with Gasteiger partial charge in [-0.1, -0.05) is 12.1 Å². The van der Waals surface area contributed by atoms with Crippen molar-refractivity contribution in [1.82, 2.24) is 0 Å². The van der Waals surface area contributed by atoms with Gasteiger partial charge in [0.25, 0.3) is 0 Å². The summed E-state index contributed by atoms with van der Waals surface area (Å²) in [7, 11) is 0. The van der Waals surface area contributed by atoms with E-state index in [-0.39, 0.29) is 31.7 Å². The van der Waals surface area contributed by atoms with E-state index in [4.69, 9.17) is 25.4 Å². The molecule has 0 amide bonds. The summed E-state index contributed by atoms with van der Waals surface area (Å²) in [6.45, 7) is 0.377. The molecular formula is C21H24N2O6. The Morgan fingerprint density at radius 3 is 2.10 bits per heavy atom. The molecule has 0 radical (unpaired) electrons. The molecule has 1 aromatic heterocycles. The van der Waals surface area contributed by atoms with E-state index in [0.29, 0.717) is 33.6 Å². The number of hydrogen-bond acceptors (Lipinski definition) is 8. The van der Waals surface area contributed by atoms with Crippen LogP contribution in [0.1, 0.15) is 0 Å². The van der Waals surface area contributed by atoms with Crippen LogP contribution in [0.3, 0.4) is 0 Å². The van der Waals surface area contributed by atoms with Crippen LogP contribution in [0.2, 0.25) is 0 Å². The predicted molar refractivity (Wildman–Crippen MR) is 109 cm³/mol. The number of aliphatic hydroxyl groups is 2. The van der Waals surface area contributed by atoms with Crippen LogP contribution in [0.15, 0.2) is 57.9 Å². The van der Waals surface area contributed by atoms with Gasteiger partial charge in [-0.2, -0.15) is 0 Å². The lowest BCUT2D eigenvalue weighted by Gasteiger charge is -2.11. The van der Waals surface area contributed by atoms with Crippen LogP contribution in [-0.2, 0) is 0 Å². The third kappa shape index (κ3) is 5.12. The Morgan fingerprint density at radius 1 is 0.897 bits per heavy atom. The van der Waals surface area contributed by atoms with Crippen LogP contribution in [0.25, 0.3) is 22.1 Å². The highest BCUT2D eigenvalue weighted by Crippen LogP contribution is 2.24. The first-order valence-electron chi connectivity index (χ1n) is 9.19. The first-order valence-corrected chi connectivity index (χ1v) is 9.19. The van der Waals surface area contributed by atoms with Crippen LogP contribution < -0.4 is 26.4 Å². The van der Waals surface area contributed by atoms with Crippen molar-refractivity contribution in [2.24, 2.45) is 11.5 Å². The van der Waals surface area contributed by atoms with E-state index in [1.807, 2.05) is 0 Å². The lowest BCUT2D eigenvalue weighted by atomic mass is 10.1. The zero-order valence-corrected chi connectivity index (χ0v) is 15.8. The SMILES string of the molecule is NCC(O)COc1ccc(-c2coc3cc(OCC(O)CN)ccc3c2=O)cc1. The normalized spacial score (nSPS) is 13.2. The number of rotatable bonds is 9. The molecule has 0 aliphatic rings. The number of benzene rings is 2. The Labute approximate surface area is 167 Å². The van der Waals surface area contributed by atoms with Crippen LogP contribution in [0, 0.1) is 0 Å². The van der Waals surface area contributed by atoms with Crippen LogP contribution >= 0.6 is 0 Å². The minimum absolute atomic E-state index is 0.0566. The second kappa shape index (κ2) is 9.53. The molecule has 8 nitrogen and oxygen atoms in total. The van der Waals surface area contributed by atoms with E-state index >= 15 is 0 Å². The first-order chi connectivity index (χ1) is 14.0. The third-order valence-electron chi connectivity index (χ3n) is 4.34. The van der Waals surface area contributed by atoms with Gasteiger partial charge < -0.3 is 35.6 Å². The fourth-order valence-corrected chi connectivity index (χ4v) is 2.65.